The molecule has 0 aromatic carbocycles. The average molecular weight is 267 g/mol. The molecule has 1 aliphatic heterocycles. The van der Waals surface area contributed by atoms with Crippen LogP contribution in [-0.2, 0) is 4.74 Å². The van der Waals surface area contributed by atoms with Gasteiger partial charge in [0.1, 0.15) is 5.54 Å². The van der Waals surface area contributed by atoms with E-state index in [1.165, 1.54) is 0 Å². The zero-order valence-corrected chi connectivity index (χ0v) is 13.1. The molecule has 1 fully saturated rings. The maximum atomic E-state index is 8.88. The zero-order chi connectivity index (χ0) is 14.7. The highest BCUT2D eigenvalue weighted by Gasteiger charge is 2.37. The summed E-state index contributed by atoms with van der Waals surface area (Å²) < 4.78 is 6.06. The third-order valence-electron chi connectivity index (χ3n) is 3.44. The van der Waals surface area contributed by atoms with E-state index in [1.807, 2.05) is 0 Å². The van der Waals surface area contributed by atoms with E-state index in [0.29, 0.717) is 0 Å². The third kappa shape index (κ3) is 5.90. The van der Waals surface area contributed by atoms with Gasteiger partial charge in [-0.1, -0.05) is 0 Å². The van der Waals surface area contributed by atoms with Crippen LogP contribution in [-0.4, -0.2) is 41.3 Å². The quantitative estimate of drug-likeness (QED) is 0.776. The molecule has 19 heavy (non-hydrogen) atoms. The van der Waals surface area contributed by atoms with Gasteiger partial charge in [-0.15, -0.1) is 0 Å². The topological polar surface area (TPSA) is 62.3 Å². The van der Waals surface area contributed by atoms with E-state index >= 15 is 0 Å². The first-order valence-corrected chi connectivity index (χ1v) is 7.18. The molecule has 4 nitrogen and oxygen atoms in total. The molecule has 2 N–H and O–H groups in total. The minimum Gasteiger partial charge on any atom is -0.367 e. The number of hydrogen-bond acceptors (Lipinski definition) is 4. The maximum absolute atomic E-state index is 8.88. The summed E-state index contributed by atoms with van der Waals surface area (Å²) in [5, 5.41) is 8.88. The van der Waals surface area contributed by atoms with Gasteiger partial charge in [0.15, 0.2) is 0 Å². The molecule has 0 saturated carbocycles. The van der Waals surface area contributed by atoms with Gasteiger partial charge < -0.3 is 10.5 Å². The lowest BCUT2D eigenvalue weighted by Gasteiger charge is -2.47. The average Bonchev–Trinajstić information content (AvgIpc) is 2.20. The number of nitriles is 1. The Hall–Kier alpha value is -0.630. The fourth-order valence-corrected chi connectivity index (χ4v) is 2.99. The van der Waals surface area contributed by atoms with Crippen LogP contribution in [0, 0.1) is 11.3 Å². The first-order chi connectivity index (χ1) is 8.55. The molecule has 110 valence electrons. The predicted octanol–water partition coefficient (Wildman–Crippen LogP) is 2.29. The number of nitrogens with two attached hydrogens (primary N) is 1. The van der Waals surface area contributed by atoms with Gasteiger partial charge >= 0.3 is 0 Å². The largest absolute Gasteiger partial charge is 0.367 e. The van der Waals surface area contributed by atoms with E-state index in [1.54, 1.807) is 6.92 Å². The summed E-state index contributed by atoms with van der Waals surface area (Å²) in [4.78, 5) is 2.46. The molecule has 1 saturated heterocycles. The van der Waals surface area contributed by atoms with E-state index in [0.717, 1.165) is 38.9 Å². The van der Waals surface area contributed by atoms with Crippen molar-refractivity contribution in [2.75, 3.05) is 19.6 Å². The first kappa shape index (κ1) is 16.4. The summed E-state index contributed by atoms with van der Waals surface area (Å²) in [6.07, 6.45) is 2.85. The van der Waals surface area contributed by atoms with Crippen LogP contribution in [0.5, 0.6) is 0 Å². The summed E-state index contributed by atoms with van der Waals surface area (Å²) in [5.74, 6) is 0. The van der Waals surface area contributed by atoms with Crippen molar-refractivity contribution in [3.8, 4) is 6.07 Å². The first-order valence-electron chi connectivity index (χ1n) is 7.18. The Balaban J connectivity index is 2.36. The molecule has 1 rings (SSSR count). The van der Waals surface area contributed by atoms with Crippen molar-refractivity contribution in [3.63, 3.8) is 0 Å². The fourth-order valence-electron chi connectivity index (χ4n) is 2.99. The van der Waals surface area contributed by atoms with Crippen molar-refractivity contribution < 1.29 is 4.74 Å². The smallest absolute Gasteiger partial charge is 0.101 e. The van der Waals surface area contributed by atoms with Crippen molar-refractivity contribution in [1.82, 2.24) is 4.90 Å². The Bertz CT molecular complexity index is 326. The molecular weight excluding hydrogens is 238 g/mol. The molecule has 0 aromatic rings. The molecule has 1 heterocycles. The van der Waals surface area contributed by atoms with Gasteiger partial charge in [-0.2, -0.15) is 5.26 Å². The van der Waals surface area contributed by atoms with Crippen LogP contribution in [0.1, 0.15) is 53.9 Å². The van der Waals surface area contributed by atoms with Gasteiger partial charge in [0, 0.05) is 13.1 Å². The summed E-state index contributed by atoms with van der Waals surface area (Å²) in [6, 6.07) is 2.15. The number of rotatable bonds is 5. The second-order valence-electron chi connectivity index (χ2n) is 7.32. The maximum Gasteiger partial charge on any atom is 0.101 e. The van der Waals surface area contributed by atoms with Gasteiger partial charge in [0.05, 0.1) is 17.3 Å². The van der Waals surface area contributed by atoms with Crippen LogP contribution < -0.4 is 5.73 Å². The molecule has 0 aliphatic carbocycles. The standard InChI is InChI=1S/C15H29N3O/c1-13(2)11-18(12-14(3,4)19-13)9-7-6-8-15(5,17)10-16/h6-9,11-12,17H2,1-5H3. The normalized spacial score (nSPS) is 25.5. The van der Waals surface area contributed by atoms with Gasteiger partial charge in [0.25, 0.3) is 0 Å². The van der Waals surface area contributed by atoms with Crippen LogP contribution in [0.25, 0.3) is 0 Å². The lowest BCUT2D eigenvalue weighted by atomic mass is 9.96. The molecule has 0 aromatic heterocycles. The van der Waals surface area contributed by atoms with Gasteiger partial charge in [-0.25, -0.2) is 0 Å². The lowest BCUT2D eigenvalue weighted by Crippen LogP contribution is -2.57. The van der Waals surface area contributed by atoms with Crippen molar-refractivity contribution in [1.29, 1.82) is 5.26 Å². The highest BCUT2D eigenvalue weighted by atomic mass is 16.5. The number of ether oxygens (including phenoxy) is 1. The summed E-state index contributed by atoms with van der Waals surface area (Å²) in [5.41, 5.74) is 4.98. The highest BCUT2D eigenvalue weighted by Crippen LogP contribution is 2.28. The Morgan fingerprint density at radius 3 is 2.21 bits per heavy atom. The molecule has 0 spiro atoms. The molecule has 0 amide bonds. The van der Waals surface area contributed by atoms with Crippen molar-refractivity contribution >= 4 is 0 Å². The Labute approximate surface area is 117 Å². The van der Waals surface area contributed by atoms with E-state index < -0.39 is 5.54 Å². The molecule has 1 aliphatic rings. The summed E-state index contributed by atoms with van der Waals surface area (Å²) in [7, 11) is 0. The molecular formula is C15H29N3O. The number of morpholine rings is 1. The second kappa shape index (κ2) is 5.78. The predicted molar refractivity (Wildman–Crippen MR) is 77.7 cm³/mol. The lowest BCUT2D eigenvalue weighted by molar-refractivity contribution is -0.180. The Morgan fingerprint density at radius 1 is 1.21 bits per heavy atom. The molecule has 4 heteroatoms. The van der Waals surface area contributed by atoms with Crippen molar-refractivity contribution in [2.45, 2.75) is 70.6 Å². The monoisotopic (exact) mass is 267 g/mol. The third-order valence-corrected chi connectivity index (χ3v) is 3.44. The van der Waals surface area contributed by atoms with E-state index in [2.05, 4.69) is 38.7 Å². The molecule has 0 bridgehead atoms. The minimum atomic E-state index is -0.677. The zero-order valence-electron chi connectivity index (χ0n) is 13.1. The highest BCUT2D eigenvalue weighted by molar-refractivity contribution is 5.00. The number of hydrogen-bond donors (Lipinski definition) is 1. The van der Waals surface area contributed by atoms with Gasteiger partial charge in [0.2, 0.25) is 0 Å². The van der Waals surface area contributed by atoms with Crippen LogP contribution in [0.3, 0.4) is 0 Å². The summed E-state index contributed by atoms with van der Waals surface area (Å²) in [6.45, 7) is 13.4. The van der Waals surface area contributed by atoms with Crippen LogP contribution in [0.2, 0.25) is 0 Å². The fraction of sp³-hybridized carbons (Fsp3) is 0.933. The van der Waals surface area contributed by atoms with E-state index in [-0.39, 0.29) is 11.2 Å². The second-order valence-corrected chi connectivity index (χ2v) is 7.32. The Morgan fingerprint density at radius 2 is 1.74 bits per heavy atom. The van der Waals surface area contributed by atoms with Crippen molar-refractivity contribution in [3.05, 3.63) is 0 Å². The van der Waals surface area contributed by atoms with Crippen LogP contribution >= 0.6 is 0 Å². The SMILES string of the molecule is CC(N)(C#N)CCCCN1CC(C)(C)OC(C)(C)C1. The van der Waals surface area contributed by atoms with E-state index in [4.69, 9.17) is 15.7 Å². The Kier molecular flexibility index (Phi) is 5.00. The van der Waals surface area contributed by atoms with Gasteiger partial charge in [-0.05, 0) is 60.4 Å². The summed E-state index contributed by atoms with van der Waals surface area (Å²) >= 11 is 0. The molecule has 1 atom stereocenters. The van der Waals surface area contributed by atoms with E-state index in [9.17, 15) is 0 Å². The van der Waals surface area contributed by atoms with Gasteiger partial charge in [-0.3, -0.25) is 4.90 Å². The number of nitrogens with zero attached hydrogens (tertiary/aromatic N) is 2. The molecule has 0 radical (unpaired) electrons. The number of unbranched alkanes of at least 4 members (excludes halogenated alkanes) is 1. The van der Waals surface area contributed by atoms with Crippen molar-refractivity contribution in [2.24, 2.45) is 5.73 Å². The minimum absolute atomic E-state index is 0.0865. The molecule has 1 unspecified atom stereocenters. The van der Waals surface area contributed by atoms with Crippen LogP contribution in [0.15, 0.2) is 0 Å². The van der Waals surface area contributed by atoms with Crippen LogP contribution in [0.4, 0.5) is 0 Å².